The van der Waals surface area contributed by atoms with Gasteiger partial charge in [0.25, 0.3) is 0 Å². The molecule has 0 amide bonds. The third-order valence-corrected chi connectivity index (χ3v) is 3.30. The Bertz CT molecular complexity index is 134. The van der Waals surface area contributed by atoms with Gasteiger partial charge < -0.3 is 10.4 Å². The summed E-state index contributed by atoms with van der Waals surface area (Å²) in [4.78, 5) is 0. The Morgan fingerprint density at radius 1 is 1.38 bits per heavy atom. The normalized spacial score (nSPS) is 30.7. The van der Waals surface area contributed by atoms with Crippen molar-refractivity contribution in [2.24, 2.45) is 5.92 Å². The van der Waals surface area contributed by atoms with Gasteiger partial charge in [0.05, 0.1) is 6.61 Å². The maximum Gasteiger partial charge on any atom is 0.0584 e. The van der Waals surface area contributed by atoms with Crippen molar-refractivity contribution in [2.75, 3.05) is 6.61 Å². The highest BCUT2D eigenvalue weighted by Gasteiger charge is 2.24. The standard InChI is InChI=1S/C11H23NO/c1-3-9-5-6-11(7-9)12-10(4-2)8-13/h9-13H,3-8H2,1-2H3/t9?,10-,11?/m0/s1. The van der Waals surface area contributed by atoms with E-state index < -0.39 is 0 Å². The Balaban J connectivity index is 2.22. The van der Waals surface area contributed by atoms with Crippen molar-refractivity contribution >= 4 is 0 Å². The Morgan fingerprint density at radius 2 is 2.15 bits per heavy atom. The predicted octanol–water partition coefficient (Wildman–Crippen LogP) is 1.93. The maximum atomic E-state index is 9.05. The zero-order valence-electron chi connectivity index (χ0n) is 8.92. The summed E-state index contributed by atoms with van der Waals surface area (Å²) < 4.78 is 0. The van der Waals surface area contributed by atoms with Crippen molar-refractivity contribution < 1.29 is 5.11 Å². The van der Waals surface area contributed by atoms with Crippen LogP contribution in [0.25, 0.3) is 0 Å². The highest BCUT2D eigenvalue weighted by molar-refractivity contribution is 4.82. The molecule has 0 aliphatic heterocycles. The molecule has 0 aromatic carbocycles. The fourth-order valence-corrected chi connectivity index (χ4v) is 2.23. The smallest absolute Gasteiger partial charge is 0.0584 e. The first-order valence-corrected chi connectivity index (χ1v) is 5.67. The van der Waals surface area contributed by atoms with Crippen LogP contribution in [0.4, 0.5) is 0 Å². The molecule has 2 heteroatoms. The van der Waals surface area contributed by atoms with Crippen LogP contribution in [0.5, 0.6) is 0 Å². The fourth-order valence-electron chi connectivity index (χ4n) is 2.23. The van der Waals surface area contributed by atoms with Crippen LogP contribution in [0.3, 0.4) is 0 Å². The average Bonchev–Trinajstić information content (AvgIpc) is 2.61. The van der Waals surface area contributed by atoms with E-state index in [-0.39, 0.29) is 6.61 Å². The Labute approximate surface area is 81.7 Å². The number of hydrogen-bond donors (Lipinski definition) is 2. The average molecular weight is 185 g/mol. The van der Waals surface area contributed by atoms with Crippen molar-refractivity contribution in [1.82, 2.24) is 5.32 Å². The van der Waals surface area contributed by atoms with Crippen LogP contribution in [0, 0.1) is 5.92 Å². The molecule has 0 saturated heterocycles. The summed E-state index contributed by atoms with van der Waals surface area (Å²) in [6, 6.07) is 0.989. The molecule has 0 spiro atoms. The molecular weight excluding hydrogens is 162 g/mol. The summed E-state index contributed by atoms with van der Waals surface area (Å²) in [6.07, 6.45) is 6.33. The summed E-state index contributed by atoms with van der Waals surface area (Å²) >= 11 is 0. The van der Waals surface area contributed by atoms with E-state index in [4.69, 9.17) is 5.11 Å². The third-order valence-electron chi connectivity index (χ3n) is 3.30. The molecule has 1 fully saturated rings. The molecule has 1 rings (SSSR count). The molecule has 78 valence electrons. The minimum absolute atomic E-state index is 0.282. The van der Waals surface area contributed by atoms with Gasteiger partial charge in [0, 0.05) is 12.1 Å². The molecular formula is C11H23NO. The molecule has 0 bridgehead atoms. The summed E-state index contributed by atoms with van der Waals surface area (Å²) in [5.74, 6) is 0.925. The van der Waals surface area contributed by atoms with Gasteiger partial charge in [-0.15, -0.1) is 0 Å². The topological polar surface area (TPSA) is 32.3 Å². The molecule has 1 aliphatic carbocycles. The van der Waals surface area contributed by atoms with Crippen molar-refractivity contribution in [3.8, 4) is 0 Å². The lowest BCUT2D eigenvalue weighted by atomic mass is 10.1. The number of rotatable bonds is 5. The van der Waals surface area contributed by atoms with Crippen LogP contribution in [0.15, 0.2) is 0 Å². The monoisotopic (exact) mass is 185 g/mol. The Kier molecular flexibility index (Phi) is 4.74. The van der Waals surface area contributed by atoms with E-state index in [0.717, 1.165) is 12.3 Å². The first-order valence-electron chi connectivity index (χ1n) is 5.67. The third kappa shape index (κ3) is 3.28. The quantitative estimate of drug-likeness (QED) is 0.686. The van der Waals surface area contributed by atoms with Gasteiger partial charge in [-0.1, -0.05) is 20.3 Å². The van der Waals surface area contributed by atoms with Gasteiger partial charge in [0.2, 0.25) is 0 Å². The number of aliphatic hydroxyl groups is 1. The molecule has 13 heavy (non-hydrogen) atoms. The number of nitrogens with one attached hydrogen (secondary N) is 1. The van der Waals surface area contributed by atoms with E-state index in [1.165, 1.54) is 25.7 Å². The Hall–Kier alpha value is -0.0800. The molecule has 0 aromatic heterocycles. The largest absolute Gasteiger partial charge is 0.395 e. The van der Waals surface area contributed by atoms with E-state index in [9.17, 15) is 0 Å². The molecule has 2 nitrogen and oxygen atoms in total. The molecule has 1 saturated carbocycles. The van der Waals surface area contributed by atoms with Gasteiger partial charge in [-0.2, -0.15) is 0 Å². The van der Waals surface area contributed by atoms with Gasteiger partial charge in [-0.3, -0.25) is 0 Å². The minimum atomic E-state index is 0.282. The maximum absolute atomic E-state index is 9.05. The van der Waals surface area contributed by atoms with Crippen LogP contribution in [0.1, 0.15) is 46.0 Å². The van der Waals surface area contributed by atoms with Crippen molar-refractivity contribution in [3.63, 3.8) is 0 Å². The molecule has 2 unspecified atom stereocenters. The van der Waals surface area contributed by atoms with Crippen molar-refractivity contribution in [1.29, 1.82) is 0 Å². The molecule has 2 N–H and O–H groups in total. The predicted molar refractivity (Wildman–Crippen MR) is 55.7 cm³/mol. The fraction of sp³-hybridized carbons (Fsp3) is 1.00. The first kappa shape index (κ1) is 11.0. The zero-order valence-corrected chi connectivity index (χ0v) is 8.92. The summed E-state index contributed by atoms with van der Waals surface area (Å²) in [5.41, 5.74) is 0. The highest BCUT2D eigenvalue weighted by atomic mass is 16.3. The van der Waals surface area contributed by atoms with Gasteiger partial charge in [0.1, 0.15) is 0 Å². The van der Waals surface area contributed by atoms with Gasteiger partial charge >= 0.3 is 0 Å². The SMILES string of the molecule is CCC1CCC(N[C@@H](CC)CO)C1. The van der Waals surface area contributed by atoms with E-state index in [1.54, 1.807) is 0 Å². The number of hydrogen-bond acceptors (Lipinski definition) is 2. The molecule has 0 aromatic rings. The van der Waals surface area contributed by atoms with E-state index in [0.29, 0.717) is 12.1 Å². The van der Waals surface area contributed by atoms with E-state index in [2.05, 4.69) is 19.2 Å². The molecule has 3 atom stereocenters. The van der Waals surface area contributed by atoms with Crippen LogP contribution >= 0.6 is 0 Å². The van der Waals surface area contributed by atoms with Gasteiger partial charge in [-0.05, 0) is 31.6 Å². The molecule has 1 aliphatic rings. The summed E-state index contributed by atoms with van der Waals surface area (Å²) in [7, 11) is 0. The van der Waals surface area contributed by atoms with Gasteiger partial charge in [0.15, 0.2) is 0 Å². The molecule has 0 radical (unpaired) electrons. The highest BCUT2D eigenvalue weighted by Crippen LogP contribution is 2.28. The van der Waals surface area contributed by atoms with Crippen LogP contribution in [-0.2, 0) is 0 Å². The first-order chi connectivity index (χ1) is 6.30. The Morgan fingerprint density at radius 3 is 2.62 bits per heavy atom. The molecule has 0 heterocycles. The van der Waals surface area contributed by atoms with Crippen LogP contribution < -0.4 is 5.32 Å². The lowest BCUT2D eigenvalue weighted by Crippen LogP contribution is -2.38. The zero-order chi connectivity index (χ0) is 9.68. The summed E-state index contributed by atoms with van der Waals surface area (Å²) in [6.45, 7) is 4.68. The van der Waals surface area contributed by atoms with E-state index >= 15 is 0 Å². The van der Waals surface area contributed by atoms with E-state index in [1.807, 2.05) is 0 Å². The van der Waals surface area contributed by atoms with Crippen molar-refractivity contribution in [3.05, 3.63) is 0 Å². The van der Waals surface area contributed by atoms with Gasteiger partial charge in [-0.25, -0.2) is 0 Å². The number of aliphatic hydroxyl groups excluding tert-OH is 1. The summed E-state index contributed by atoms with van der Waals surface area (Å²) in [5, 5.41) is 12.6. The van der Waals surface area contributed by atoms with Crippen molar-refractivity contribution in [2.45, 2.75) is 58.0 Å². The second-order valence-electron chi connectivity index (χ2n) is 4.24. The lowest BCUT2D eigenvalue weighted by Gasteiger charge is -2.19. The lowest BCUT2D eigenvalue weighted by molar-refractivity contribution is 0.226. The minimum Gasteiger partial charge on any atom is -0.395 e. The van der Waals surface area contributed by atoms with Crippen LogP contribution in [0.2, 0.25) is 0 Å². The van der Waals surface area contributed by atoms with Crippen LogP contribution in [-0.4, -0.2) is 23.8 Å². The second kappa shape index (κ2) is 5.61. The second-order valence-corrected chi connectivity index (χ2v) is 4.24.